The SMILES string of the molecule is O=C(Nc1nc(-c2ccco2)cs1)C1CC(=O)N(C2CCOCC2)C1. The fourth-order valence-electron chi connectivity index (χ4n) is 3.33. The van der Waals surface area contributed by atoms with Gasteiger partial charge in [0.05, 0.1) is 12.2 Å². The molecule has 1 unspecified atom stereocenters. The van der Waals surface area contributed by atoms with Gasteiger partial charge in [-0.15, -0.1) is 11.3 Å². The molecule has 4 rings (SSSR count). The van der Waals surface area contributed by atoms with Gasteiger partial charge in [0.2, 0.25) is 11.8 Å². The molecule has 2 aliphatic rings. The lowest BCUT2D eigenvalue weighted by Gasteiger charge is -2.31. The monoisotopic (exact) mass is 361 g/mol. The molecule has 0 aromatic carbocycles. The van der Waals surface area contributed by atoms with E-state index in [0.29, 0.717) is 36.3 Å². The maximum atomic E-state index is 12.5. The van der Waals surface area contributed by atoms with Crippen molar-refractivity contribution in [1.82, 2.24) is 9.88 Å². The molecule has 0 bridgehead atoms. The molecule has 1 atom stereocenters. The maximum Gasteiger partial charge on any atom is 0.231 e. The van der Waals surface area contributed by atoms with Gasteiger partial charge in [-0.05, 0) is 25.0 Å². The molecular formula is C17H19N3O4S. The molecule has 0 radical (unpaired) electrons. The molecule has 2 fully saturated rings. The van der Waals surface area contributed by atoms with Crippen LogP contribution >= 0.6 is 11.3 Å². The maximum absolute atomic E-state index is 12.5. The molecule has 2 aromatic rings. The van der Waals surface area contributed by atoms with E-state index in [2.05, 4.69) is 10.3 Å². The lowest BCUT2D eigenvalue weighted by molar-refractivity contribution is -0.131. The number of carbonyl (C=O) groups is 2. The minimum absolute atomic E-state index is 0.0578. The zero-order valence-electron chi connectivity index (χ0n) is 13.6. The number of anilines is 1. The second-order valence-electron chi connectivity index (χ2n) is 6.30. The number of hydrogen-bond acceptors (Lipinski definition) is 6. The summed E-state index contributed by atoms with van der Waals surface area (Å²) in [6.45, 7) is 1.84. The van der Waals surface area contributed by atoms with E-state index < -0.39 is 0 Å². The van der Waals surface area contributed by atoms with E-state index >= 15 is 0 Å². The number of rotatable bonds is 4. The number of nitrogens with one attached hydrogen (secondary N) is 1. The molecule has 0 aliphatic carbocycles. The first-order valence-electron chi connectivity index (χ1n) is 8.38. The standard InChI is InChI=1S/C17H19N3O4S/c21-15-8-11(9-20(15)12-3-6-23-7-4-12)16(22)19-17-18-13(10-25-17)14-2-1-5-24-14/h1-2,5,10-12H,3-4,6-9H2,(H,18,19,22). The van der Waals surface area contributed by atoms with E-state index in [1.165, 1.54) is 11.3 Å². The van der Waals surface area contributed by atoms with Crippen LogP contribution in [0.15, 0.2) is 28.2 Å². The first-order chi connectivity index (χ1) is 12.2. The van der Waals surface area contributed by atoms with Crippen LogP contribution in [0, 0.1) is 5.92 Å². The number of likely N-dealkylation sites (tertiary alicyclic amines) is 1. The highest BCUT2D eigenvalue weighted by Crippen LogP contribution is 2.28. The van der Waals surface area contributed by atoms with Crippen LogP contribution in [0.5, 0.6) is 0 Å². The lowest BCUT2D eigenvalue weighted by atomic mass is 10.1. The number of nitrogens with zero attached hydrogens (tertiary/aromatic N) is 2. The van der Waals surface area contributed by atoms with Crippen molar-refractivity contribution >= 4 is 28.3 Å². The Labute approximate surface area is 149 Å². The molecule has 132 valence electrons. The number of aromatic nitrogens is 1. The molecule has 0 spiro atoms. The molecule has 7 nitrogen and oxygen atoms in total. The van der Waals surface area contributed by atoms with Crippen LogP contribution in [-0.4, -0.2) is 47.5 Å². The number of amides is 2. The van der Waals surface area contributed by atoms with E-state index in [4.69, 9.17) is 9.15 Å². The van der Waals surface area contributed by atoms with Crippen LogP contribution in [0.2, 0.25) is 0 Å². The predicted octanol–water partition coefficient (Wildman–Crippen LogP) is 2.37. The van der Waals surface area contributed by atoms with Gasteiger partial charge in [0.25, 0.3) is 0 Å². The van der Waals surface area contributed by atoms with Crippen molar-refractivity contribution in [3.63, 3.8) is 0 Å². The number of furan rings is 1. The van der Waals surface area contributed by atoms with E-state index in [-0.39, 0.29) is 30.2 Å². The van der Waals surface area contributed by atoms with Crippen LogP contribution in [0.4, 0.5) is 5.13 Å². The van der Waals surface area contributed by atoms with Gasteiger partial charge < -0.3 is 19.4 Å². The van der Waals surface area contributed by atoms with Gasteiger partial charge in [0, 0.05) is 37.6 Å². The Hall–Kier alpha value is -2.19. The zero-order chi connectivity index (χ0) is 17.2. The fourth-order valence-corrected chi connectivity index (χ4v) is 4.04. The van der Waals surface area contributed by atoms with Crippen molar-refractivity contribution in [2.24, 2.45) is 5.92 Å². The Morgan fingerprint density at radius 2 is 2.20 bits per heavy atom. The molecule has 25 heavy (non-hydrogen) atoms. The lowest BCUT2D eigenvalue weighted by Crippen LogP contribution is -2.41. The van der Waals surface area contributed by atoms with Crippen molar-refractivity contribution in [2.45, 2.75) is 25.3 Å². The van der Waals surface area contributed by atoms with Crippen LogP contribution in [0.1, 0.15) is 19.3 Å². The van der Waals surface area contributed by atoms with Crippen LogP contribution in [-0.2, 0) is 14.3 Å². The topological polar surface area (TPSA) is 84.7 Å². The van der Waals surface area contributed by atoms with Gasteiger partial charge in [0.15, 0.2) is 10.9 Å². The Kier molecular flexibility index (Phi) is 4.54. The third-order valence-electron chi connectivity index (χ3n) is 4.67. The van der Waals surface area contributed by atoms with Gasteiger partial charge in [-0.1, -0.05) is 0 Å². The second kappa shape index (κ2) is 6.97. The molecule has 2 aliphatic heterocycles. The van der Waals surface area contributed by atoms with Gasteiger partial charge in [0.1, 0.15) is 5.69 Å². The van der Waals surface area contributed by atoms with E-state index in [0.717, 1.165) is 12.8 Å². The Morgan fingerprint density at radius 3 is 2.96 bits per heavy atom. The molecule has 2 amide bonds. The molecular weight excluding hydrogens is 342 g/mol. The zero-order valence-corrected chi connectivity index (χ0v) is 14.5. The van der Waals surface area contributed by atoms with Crippen molar-refractivity contribution in [3.8, 4) is 11.5 Å². The number of hydrogen-bond donors (Lipinski definition) is 1. The third-order valence-corrected chi connectivity index (χ3v) is 5.43. The average molecular weight is 361 g/mol. The van der Waals surface area contributed by atoms with Crippen LogP contribution in [0.25, 0.3) is 11.5 Å². The summed E-state index contributed by atoms with van der Waals surface area (Å²) in [5.74, 6) is 0.246. The minimum atomic E-state index is -0.327. The normalized spacial score (nSPS) is 21.7. The summed E-state index contributed by atoms with van der Waals surface area (Å²) in [4.78, 5) is 31.0. The van der Waals surface area contributed by atoms with Gasteiger partial charge in [-0.3, -0.25) is 9.59 Å². The molecule has 1 N–H and O–H groups in total. The minimum Gasteiger partial charge on any atom is -0.463 e. The van der Waals surface area contributed by atoms with E-state index in [9.17, 15) is 9.59 Å². The number of carbonyl (C=O) groups excluding carboxylic acids is 2. The van der Waals surface area contributed by atoms with E-state index in [1.54, 1.807) is 12.3 Å². The highest BCUT2D eigenvalue weighted by Gasteiger charge is 2.38. The van der Waals surface area contributed by atoms with Gasteiger partial charge in [-0.2, -0.15) is 0 Å². The first kappa shape index (κ1) is 16.3. The Bertz CT molecular complexity index is 752. The fraction of sp³-hybridized carbons (Fsp3) is 0.471. The number of thiazole rings is 1. The summed E-state index contributed by atoms with van der Waals surface area (Å²) in [7, 11) is 0. The summed E-state index contributed by atoms with van der Waals surface area (Å²) in [6.07, 6.45) is 3.54. The smallest absolute Gasteiger partial charge is 0.231 e. The molecule has 4 heterocycles. The van der Waals surface area contributed by atoms with E-state index in [1.807, 2.05) is 16.3 Å². The molecule has 8 heteroatoms. The summed E-state index contributed by atoms with van der Waals surface area (Å²) >= 11 is 1.35. The quantitative estimate of drug-likeness (QED) is 0.904. The third kappa shape index (κ3) is 3.45. The van der Waals surface area contributed by atoms with Gasteiger partial charge in [-0.25, -0.2) is 4.98 Å². The largest absolute Gasteiger partial charge is 0.463 e. The van der Waals surface area contributed by atoms with Crippen LogP contribution < -0.4 is 5.32 Å². The molecule has 0 saturated carbocycles. The Morgan fingerprint density at radius 1 is 1.36 bits per heavy atom. The predicted molar refractivity (Wildman–Crippen MR) is 92.1 cm³/mol. The Balaban J connectivity index is 1.37. The van der Waals surface area contributed by atoms with Crippen molar-refractivity contribution in [2.75, 3.05) is 25.1 Å². The molecule has 2 saturated heterocycles. The van der Waals surface area contributed by atoms with Gasteiger partial charge >= 0.3 is 0 Å². The summed E-state index contributed by atoms with van der Waals surface area (Å²) in [6, 6.07) is 3.81. The summed E-state index contributed by atoms with van der Waals surface area (Å²) in [5.41, 5.74) is 0.691. The summed E-state index contributed by atoms with van der Waals surface area (Å²) < 4.78 is 10.7. The second-order valence-corrected chi connectivity index (χ2v) is 7.15. The summed E-state index contributed by atoms with van der Waals surface area (Å²) in [5, 5.41) is 5.19. The van der Waals surface area contributed by atoms with Crippen molar-refractivity contribution in [3.05, 3.63) is 23.8 Å². The van der Waals surface area contributed by atoms with Crippen molar-refractivity contribution in [1.29, 1.82) is 0 Å². The molecule has 2 aromatic heterocycles. The highest BCUT2D eigenvalue weighted by atomic mass is 32.1. The average Bonchev–Trinajstić information content (AvgIpc) is 3.35. The first-order valence-corrected chi connectivity index (χ1v) is 9.26. The van der Waals surface area contributed by atoms with Crippen LogP contribution in [0.3, 0.4) is 0 Å². The highest BCUT2D eigenvalue weighted by molar-refractivity contribution is 7.14. The van der Waals surface area contributed by atoms with Crippen molar-refractivity contribution < 1.29 is 18.7 Å². The number of ether oxygens (including phenoxy) is 1.